The van der Waals surface area contributed by atoms with Crippen molar-refractivity contribution in [3.63, 3.8) is 0 Å². The number of carbonyl (C=O) groups is 1. The third kappa shape index (κ3) is 1.42. The second kappa shape index (κ2) is 3.67. The van der Waals surface area contributed by atoms with Crippen LogP contribution < -0.4 is 0 Å². The molecule has 0 atom stereocenters. The van der Waals surface area contributed by atoms with Crippen LogP contribution >= 0.6 is 33.9 Å². The Morgan fingerprint density at radius 1 is 1.50 bits per heavy atom. The number of benzene rings is 1. The van der Waals surface area contributed by atoms with Gasteiger partial charge in [-0.3, -0.25) is 4.79 Å². The Morgan fingerprint density at radius 3 is 2.93 bits per heavy atom. The summed E-state index contributed by atoms with van der Waals surface area (Å²) in [6, 6.07) is 5.85. The number of carbonyl (C=O) groups excluding carboxylic acids is 1. The van der Waals surface area contributed by atoms with Gasteiger partial charge in [0.2, 0.25) is 0 Å². The number of rotatable bonds is 1. The second-order valence-corrected chi connectivity index (χ2v) is 4.82. The quantitative estimate of drug-likeness (QED) is 0.599. The lowest BCUT2D eigenvalue weighted by molar-refractivity contribution is 0.112. The van der Waals surface area contributed by atoms with Crippen LogP contribution in [0, 0.1) is 14.9 Å². The van der Waals surface area contributed by atoms with Crippen molar-refractivity contribution < 1.29 is 4.79 Å². The van der Waals surface area contributed by atoms with Gasteiger partial charge in [-0.1, -0.05) is 0 Å². The summed E-state index contributed by atoms with van der Waals surface area (Å²) in [5.74, 6) is 0. The minimum atomic E-state index is 0.681. The van der Waals surface area contributed by atoms with Gasteiger partial charge in [0.05, 0.1) is 5.56 Å². The highest BCUT2D eigenvalue weighted by Crippen LogP contribution is 2.28. The number of hydrogen-bond donors (Lipinski definition) is 0. The molecule has 2 aromatic rings. The van der Waals surface area contributed by atoms with Gasteiger partial charge in [0.25, 0.3) is 0 Å². The number of aldehydes is 1. The first-order valence-electron chi connectivity index (χ1n) is 3.82. The van der Waals surface area contributed by atoms with Crippen molar-refractivity contribution in [3.05, 3.63) is 32.2 Å². The van der Waals surface area contributed by atoms with Crippen LogP contribution in [-0.2, 0) is 0 Å². The van der Waals surface area contributed by atoms with E-state index in [1.165, 1.54) is 11.3 Å². The monoisotopic (exact) mass is 313 g/mol. The van der Waals surface area contributed by atoms with Gasteiger partial charge in [0.1, 0.15) is 6.07 Å². The van der Waals surface area contributed by atoms with E-state index in [2.05, 4.69) is 28.7 Å². The first kappa shape index (κ1) is 9.62. The first-order chi connectivity index (χ1) is 6.76. The van der Waals surface area contributed by atoms with E-state index < -0.39 is 0 Å². The average Bonchev–Trinajstić information content (AvgIpc) is 2.58. The van der Waals surface area contributed by atoms with E-state index in [4.69, 9.17) is 5.26 Å². The summed E-state index contributed by atoms with van der Waals surface area (Å²) < 4.78 is 1.88. The van der Waals surface area contributed by atoms with Gasteiger partial charge < -0.3 is 0 Å². The highest BCUT2D eigenvalue weighted by Gasteiger charge is 2.07. The summed E-state index contributed by atoms with van der Waals surface area (Å²) in [4.78, 5) is 10.7. The third-order valence-corrected chi connectivity index (χ3v) is 3.82. The van der Waals surface area contributed by atoms with Crippen molar-refractivity contribution in [3.8, 4) is 6.07 Å². The molecule has 0 radical (unpaired) electrons. The van der Waals surface area contributed by atoms with Gasteiger partial charge in [-0.2, -0.15) is 5.26 Å². The van der Waals surface area contributed by atoms with Crippen LogP contribution in [0.15, 0.2) is 17.5 Å². The maximum Gasteiger partial charge on any atom is 0.151 e. The predicted octanol–water partition coefficient (Wildman–Crippen LogP) is 3.19. The lowest BCUT2D eigenvalue weighted by atomic mass is 10.1. The van der Waals surface area contributed by atoms with E-state index in [0.717, 1.165) is 19.9 Å². The number of halogens is 1. The molecule has 0 aliphatic carbocycles. The van der Waals surface area contributed by atoms with Gasteiger partial charge in [0.15, 0.2) is 6.29 Å². The number of hydrogen-bond acceptors (Lipinski definition) is 3. The molecule has 0 spiro atoms. The smallest absolute Gasteiger partial charge is 0.151 e. The average molecular weight is 313 g/mol. The molecule has 0 saturated heterocycles. The molecule has 0 unspecified atom stereocenters. The van der Waals surface area contributed by atoms with Crippen molar-refractivity contribution in [2.24, 2.45) is 0 Å². The van der Waals surface area contributed by atoms with Gasteiger partial charge in [0, 0.05) is 24.6 Å². The van der Waals surface area contributed by atoms with Crippen molar-refractivity contribution in [1.82, 2.24) is 0 Å². The van der Waals surface area contributed by atoms with Gasteiger partial charge in [-0.25, -0.2) is 0 Å². The van der Waals surface area contributed by atoms with Crippen LogP contribution in [-0.4, -0.2) is 6.29 Å². The summed E-state index contributed by atoms with van der Waals surface area (Å²) in [6.07, 6.45) is 0.840. The summed E-state index contributed by atoms with van der Waals surface area (Å²) in [7, 11) is 0. The third-order valence-electron chi connectivity index (χ3n) is 1.94. The molecule has 0 amide bonds. The van der Waals surface area contributed by atoms with E-state index >= 15 is 0 Å². The molecular formula is C10H4INOS. The fraction of sp³-hybridized carbons (Fsp3) is 0. The highest BCUT2D eigenvalue weighted by atomic mass is 127. The molecule has 0 bridgehead atoms. The number of nitrogens with zero attached hydrogens (tertiary/aromatic N) is 1. The van der Waals surface area contributed by atoms with E-state index in [0.29, 0.717) is 11.1 Å². The van der Waals surface area contributed by atoms with Crippen molar-refractivity contribution >= 4 is 50.3 Å². The lowest BCUT2D eigenvalue weighted by Gasteiger charge is -1.96. The number of fused-ring (bicyclic) bond motifs is 1. The molecule has 0 fully saturated rings. The standard InChI is InChI=1S/C10H4INOS/c11-9-2-8-7(3-12)5-14-10(8)1-6(9)4-13/h1-2,4-5H. The van der Waals surface area contributed by atoms with E-state index in [-0.39, 0.29) is 0 Å². The van der Waals surface area contributed by atoms with E-state index in [1.54, 1.807) is 0 Å². The molecule has 1 aromatic heterocycles. The zero-order valence-corrected chi connectivity index (χ0v) is 9.93. The number of nitriles is 1. The van der Waals surface area contributed by atoms with Crippen LogP contribution in [0.1, 0.15) is 15.9 Å². The zero-order chi connectivity index (χ0) is 10.1. The molecule has 4 heteroatoms. The molecule has 1 heterocycles. The zero-order valence-electron chi connectivity index (χ0n) is 6.95. The summed E-state index contributed by atoms with van der Waals surface area (Å²) in [5.41, 5.74) is 1.37. The molecule has 0 saturated carbocycles. The molecule has 0 aliphatic heterocycles. The van der Waals surface area contributed by atoms with Gasteiger partial charge in [-0.05, 0) is 34.7 Å². The van der Waals surface area contributed by atoms with E-state index in [1.807, 2.05) is 17.5 Å². The Kier molecular flexibility index (Phi) is 2.52. The van der Waals surface area contributed by atoms with Gasteiger partial charge in [-0.15, -0.1) is 11.3 Å². The number of thiophene rings is 1. The lowest BCUT2D eigenvalue weighted by Crippen LogP contribution is -1.84. The SMILES string of the molecule is N#Cc1csc2cc(C=O)c(I)cc12. The van der Waals surface area contributed by atoms with E-state index in [9.17, 15) is 4.79 Å². The fourth-order valence-electron chi connectivity index (χ4n) is 1.24. The maximum atomic E-state index is 10.7. The normalized spacial score (nSPS) is 10.0. The molecule has 0 aliphatic rings. The molecule has 1 aromatic carbocycles. The molecule has 14 heavy (non-hydrogen) atoms. The molecule has 2 rings (SSSR count). The Balaban J connectivity index is 2.83. The fourth-order valence-corrected chi connectivity index (χ4v) is 2.75. The van der Waals surface area contributed by atoms with Crippen LogP contribution in [0.2, 0.25) is 0 Å². The highest BCUT2D eigenvalue weighted by molar-refractivity contribution is 14.1. The van der Waals surface area contributed by atoms with Crippen molar-refractivity contribution in [2.45, 2.75) is 0 Å². The topological polar surface area (TPSA) is 40.9 Å². The summed E-state index contributed by atoms with van der Waals surface area (Å²) in [6.45, 7) is 0. The maximum absolute atomic E-state index is 10.7. The first-order valence-corrected chi connectivity index (χ1v) is 5.78. The largest absolute Gasteiger partial charge is 0.298 e. The summed E-state index contributed by atoms with van der Waals surface area (Å²) >= 11 is 3.60. The molecule has 2 nitrogen and oxygen atoms in total. The Bertz CT molecular complexity index is 553. The minimum absolute atomic E-state index is 0.681. The minimum Gasteiger partial charge on any atom is -0.298 e. The Hall–Kier alpha value is -0.930. The van der Waals surface area contributed by atoms with Crippen molar-refractivity contribution in [1.29, 1.82) is 5.26 Å². The second-order valence-electron chi connectivity index (χ2n) is 2.75. The molecule has 0 N–H and O–H groups in total. The predicted molar refractivity (Wildman–Crippen MR) is 64.6 cm³/mol. The Labute approximate surface area is 98.3 Å². The van der Waals surface area contributed by atoms with Crippen LogP contribution in [0.25, 0.3) is 10.1 Å². The van der Waals surface area contributed by atoms with Crippen molar-refractivity contribution in [2.75, 3.05) is 0 Å². The molecule has 68 valence electrons. The van der Waals surface area contributed by atoms with Crippen LogP contribution in [0.4, 0.5) is 0 Å². The van der Waals surface area contributed by atoms with Crippen LogP contribution in [0.3, 0.4) is 0 Å². The summed E-state index contributed by atoms with van der Waals surface area (Å²) in [5, 5.41) is 11.6. The van der Waals surface area contributed by atoms with Crippen LogP contribution in [0.5, 0.6) is 0 Å². The molecular weight excluding hydrogens is 309 g/mol. The van der Waals surface area contributed by atoms with Gasteiger partial charge >= 0.3 is 0 Å². The Morgan fingerprint density at radius 2 is 2.29 bits per heavy atom.